The molecule has 0 amide bonds. The molecule has 18 heavy (non-hydrogen) atoms. The predicted octanol–water partition coefficient (Wildman–Crippen LogP) is 4.36. The van der Waals surface area contributed by atoms with Crippen molar-refractivity contribution in [2.24, 2.45) is 4.99 Å². The van der Waals surface area contributed by atoms with Crippen LogP contribution in [0, 0.1) is 0 Å². The molecule has 0 radical (unpaired) electrons. The zero-order chi connectivity index (χ0) is 12.6. The Hall–Kier alpha value is -2.09. The fourth-order valence-corrected chi connectivity index (χ4v) is 2.30. The van der Waals surface area contributed by atoms with Gasteiger partial charge in [-0.05, 0) is 35.9 Å². The molecule has 0 spiro atoms. The Kier molecular flexibility index (Phi) is 2.44. The largest absolute Gasteiger partial charge is 0.465 e. The van der Waals surface area contributed by atoms with Gasteiger partial charge in [0, 0.05) is 5.41 Å². The van der Waals surface area contributed by atoms with Crippen LogP contribution >= 0.6 is 0 Å². The van der Waals surface area contributed by atoms with Crippen LogP contribution in [0.15, 0.2) is 58.1 Å². The molecule has 2 aromatic rings. The van der Waals surface area contributed by atoms with Crippen LogP contribution in [0.5, 0.6) is 0 Å². The second kappa shape index (κ2) is 3.98. The molecule has 0 aliphatic carbocycles. The van der Waals surface area contributed by atoms with Crippen molar-refractivity contribution in [2.75, 3.05) is 0 Å². The van der Waals surface area contributed by atoms with Gasteiger partial charge in [0.25, 0.3) is 0 Å². The van der Waals surface area contributed by atoms with E-state index in [1.165, 1.54) is 5.56 Å². The number of hydrogen-bond acceptors (Lipinski definition) is 2. The minimum Gasteiger partial charge on any atom is -0.465 e. The smallest absolute Gasteiger partial charge is 0.126 e. The van der Waals surface area contributed by atoms with Crippen LogP contribution in [-0.4, -0.2) is 5.71 Å². The standard InChI is InChI=1S/C16H15NO/c1-16(2)13-7-3-4-8-14(13)17-15(16)10-9-12-6-5-11-18-12/h3-11H,1-2H3. The Bertz CT molecular complexity index is 618. The normalized spacial score (nSPS) is 16.9. The van der Waals surface area contributed by atoms with Gasteiger partial charge in [-0.25, -0.2) is 0 Å². The lowest BCUT2D eigenvalue weighted by molar-refractivity contribution is 0.557. The average Bonchev–Trinajstić information content (AvgIpc) is 2.94. The molecule has 0 unspecified atom stereocenters. The maximum Gasteiger partial charge on any atom is 0.126 e. The number of aliphatic imine (C=N–C) groups is 1. The van der Waals surface area contributed by atoms with Crippen molar-refractivity contribution in [1.29, 1.82) is 0 Å². The van der Waals surface area contributed by atoms with E-state index in [1.807, 2.05) is 30.4 Å². The zero-order valence-electron chi connectivity index (χ0n) is 10.6. The molecule has 90 valence electrons. The van der Waals surface area contributed by atoms with E-state index in [9.17, 15) is 0 Å². The van der Waals surface area contributed by atoms with Gasteiger partial charge >= 0.3 is 0 Å². The molecule has 0 saturated carbocycles. The number of fused-ring (bicyclic) bond motifs is 1. The summed E-state index contributed by atoms with van der Waals surface area (Å²) in [5, 5.41) is 0. The van der Waals surface area contributed by atoms with Crippen LogP contribution in [-0.2, 0) is 5.41 Å². The molecule has 0 saturated heterocycles. The Morgan fingerprint density at radius 1 is 1.06 bits per heavy atom. The Morgan fingerprint density at radius 2 is 1.89 bits per heavy atom. The van der Waals surface area contributed by atoms with E-state index in [-0.39, 0.29) is 5.41 Å². The molecule has 1 aliphatic rings. The van der Waals surface area contributed by atoms with Crippen LogP contribution in [0.3, 0.4) is 0 Å². The number of hydrogen-bond donors (Lipinski definition) is 0. The molecule has 0 atom stereocenters. The van der Waals surface area contributed by atoms with Gasteiger partial charge in [0.05, 0.1) is 17.7 Å². The quantitative estimate of drug-likeness (QED) is 0.762. The molecule has 0 fully saturated rings. The van der Waals surface area contributed by atoms with Crippen molar-refractivity contribution >= 4 is 17.5 Å². The summed E-state index contributed by atoms with van der Waals surface area (Å²) < 4.78 is 5.30. The summed E-state index contributed by atoms with van der Waals surface area (Å²) in [5.41, 5.74) is 3.38. The first-order chi connectivity index (χ1) is 8.68. The first kappa shape index (κ1) is 11.0. The monoisotopic (exact) mass is 237 g/mol. The van der Waals surface area contributed by atoms with Crippen LogP contribution in [0.4, 0.5) is 5.69 Å². The topological polar surface area (TPSA) is 25.5 Å². The van der Waals surface area contributed by atoms with Gasteiger partial charge in [0.1, 0.15) is 5.76 Å². The number of nitrogens with zero attached hydrogens (tertiary/aromatic N) is 1. The molecule has 2 heteroatoms. The van der Waals surface area contributed by atoms with Gasteiger partial charge in [0.15, 0.2) is 0 Å². The van der Waals surface area contributed by atoms with E-state index in [0.717, 1.165) is 17.2 Å². The summed E-state index contributed by atoms with van der Waals surface area (Å²) in [6, 6.07) is 12.1. The molecule has 2 heterocycles. The molecule has 0 N–H and O–H groups in total. The highest BCUT2D eigenvalue weighted by Crippen LogP contribution is 2.40. The molecular weight excluding hydrogens is 222 g/mol. The fraction of sp³-hybridized carbons (Fsp3) is 0.188. The molecule has 1 aromatic carbocycles. The van der Waals surface area contributed by atoms with Gasteiger partial charge < -0.3 is 4.42 Å². The summed E-state index contributed by atoms with van der Waals surface area (Å²) in [5.74, 6) is 0.851. The molecule has 0 bridgehead atoms. The van der Waals surface area contributed by atoms with Crippen molar-refractivity contribution in [1.82, 2.24) is 0 Å². The van der Waals surface area contributed by atoms with Gasteiger partial charge in [-0.15, -0.1) is 0 Å². The predicted molar refractivity (Wildman–Crippen MR) is 74.3 cm³/mol. The average molecular weight is 237 g/mol. The highest BCUT2D eigenvalue weighted by molar-refractivity contribution is 6.10. The summed E-state index contributed by atoms with van der Waals surface area (Å²) in [6.07, 6.45) is 5.68. The second-order valence-electron chi connectivity index (χ2n) is 4.99. The van der Waals surface area contributed by atoms with Gasteiger partial charge in [-0.2, -0.15) is 0 Å². The number of furan rings is 1. The Balaban J connectivity index is 1.96. The first-order valence-electron chi connectivity index (χ1n) is 6.08. The highest BCUT2D eigenvalue weighted by atomic mass is 16.3. The minimum atomic E-state index is -0.0420. The van der Waals surface area contributed by atoms with Crippen LogP contribution in [0.1, 0.15) is 25.2 Å². The Labute approximate surface area is 107 Å². The van der Waals surface area contributed by atoms with Crippen molar-refractivity contribution in [2.45, 2.75) is 19.3 Å². The lowest BCUT2D eigenvalue weighted by atomic mass is 9.81. The lowest BCUT2D eigenvalue weighted by Gasteiger charge is -2.19. The zero-order valence-corrected chi connectivity index (χ0v) is 10.6. The third-order valence-electron chi connectivity index (χ3n) is 3.41. The second-order valence-corrected chi connectivity index (χ2v) is 4.99. The van der Waals surface area contributed by atoms with E-state index in [0.29, 0.717) is 0 Å². The summed E-state index contributed by atoms with van der Waals surface area (Å²) in [6.45, 7) is 4.40. The maximum absolute atomic E-state index is 5.30. The summed E-state index contributed by atoms with van der Waals surface area (Å²) in [7, 11) is 0. The number of para-hydroxylation sites is 1. The summed E-state index contributed by atoms with van der Waals surface area (Å²) in [4.78, 5) is 4.69. The molecule has 2 nitrogen and oxygen atoms in total. The van der Waals surface area contributed by atoms with Crippen molar-refractivity contribution in [3.63, 3.8) is 0 Å². The number of rotatable bonds is 2. The van der Waals surface area contributed by atoms with E-state index in [4.69, 9.17) is 9.41 Å². The fourth-order valence-electron chi connectivity index (χ4n) is 2.30. The van der Waals surface area contributed by atoms with E-state index in [1.54, 1.807) is 6.26 Å². The number of benzene rings is 1. The van der Waals surface area contributed by atoms with Crippen LogP contribution < -0.4 is 0 Å². The third kappa shape index (κ3) is 1.70. The van der Waals surface area contributed by atoms with Gasteiger partial charge in [0.2, 0.25) is 0 Å². The third-order valence-corrected chi connectivity index (χ3v) is 3.41. The highest BCUT2D eigenvalue weighted by Gasteiger charge is 2.32. The van der Waals surface area contributed by atoms with Crippen molar-refractivity contribution in [3.8, 4) is 0 Å². The first-order valence-corrected chi connectivity index (χ1v) is 6.08. The van der Waals surface area contributed by atoms with Crippen molar-refractivity contribution in [3.05, 3.63) is 60.1 Å². The molecular formula is C16H15NO. The minimum absolute atomic E-state index is 0.0420. The van der Waals surface area contributed by atoms with Gasteiger partial charge in [-0.3, -0.25) is 4.99 Å². The summed E-state index contributed by atoms with van der Waals surface area (Å²) >= 11 is 0. The van der Waals surface area contributed by atoms with E-state index in [2.05, 4.69) is 32.0 Å². The maximum atomic E-state index is 5.30. The van der Waals surface area contributed by atoms with Crippen LogP contribution in [0.25, 0.3) is 6.08 Å². The Morgan fingerprint density at radius 3 is 2.61 bits per heavy atom. The lowest BCUT2D eigenvalue weighted by Crippen LogP contribution is -2.23. The molecule has 3 rings (SSSR count). The SMILES string of the molecule is CC1(C)C(C=Cc2ccco2)=Nc2ccccc21. The number of allylic oxidation sites excluding steroid dienone is 1. The van der Waals surface area contributed by atoms with Crippen molar-refractivity contribution < 1.29 is 4.42 Å². The molecule has 1 aliphatic heterocycles. The van der Waals surface area contributed by atoms with E-state index < -0.39 is 0 Å². The van der Waals surface area contributed by atoms with E-state index >= 15 is 0 Å². The van der Waals surface area contributed by atoms with Crippen LogP contribution in [0.2, 0.25) is 0 Å². The molecule has 1 aromatic heterocycles. The van der Waals surface area contributed by atoms with Gasteiger partial charge in [-0.1, -0.05) is 32.0 Å².